The van der Waals surface area contributed by atoms with Crippen molar-refractivity contribution >= 4 is 5.97 Å². The van der Waals surface area contributed by atoms with Crippen molar-refractivity contribution in [1.29, 1.82) is 0 Å². The van der Waals surface area contributed by atoms with Crippen LogP contribution >= 0.6 is 0 Å². The third-order valence-electron chi connectivity index (χ3n) is 11.9. The first-order valence-corrected chi connectivity index (χ1v) is 20.3. The number of carboxylic acids is 1. The molecule has 0 bridgehead atoms. The Labute approximate surface area is 366 Å². The maximum atomic E-state index is 11.8. The Kier molecular flexibility index (Phi) is 18.2. The summed E-state index contributed by atoms with van der Waals surface area (Å²) >= 11 is 0. The third-order valence-corrected chi connectivity index (χ3v) is 11.9. The predicted molar refractivity (Wildman–Crippen MR) is 192 cm³/mol. The topological polar surface area (TPSA) is 472 Å². The number of aliphatic hydroxyl groups excluding tert-OH is 16. The van der Waals surface area contributed by atoms with E-state index in [-0.39, 0.29) is 0 Å². The molecule has 0 spiro atoms. The van der Waals surface area contributed by atoms with Crippen molar-refractivity contribution in [3.05, 3.63) is 0 Å². The smallest absolute Gasteiger partial charge is 0.335 e. The fourth-order valence-electron chi connectivity index (χ4n) is 8.04. The highest BCUT2D eigenvalue weighted by Crippen LogP contribution is 2.34. The van der Waals surface area contributed by atoms with Crippen molar-refractivity contribution in [2.24, 2.45) is 0 Å². The minimum absolute atomic E-state index is 0.783. The van der Waals surface area contributed by atoms with E-state index in [9.17, 15) is 91.6 Å². The van der Waals surface area contributed by atoms with Crippen LogP contribution in [-0.2, 0) is 61.6 Å². The molecule has 6 saturated heterocycles. The second-order valence-electron chi connectivity index (χ2n) is 16.1. The number of methoxy groups -OCH3 is 1. The van der Waals surface area contributed by atoms with E-state index in [0.717, 1.165) is 7.11 Å². The van der Waals surface area contributed by atoms with Crippen molar-refractivity contribution in [2.75, 3.05) is 40.1 Å². The van der Waals surface area contributed by atoms with Gasteiger partial charge in [0.15, 0.2) is 43.8 Å². The second kappa shape index (κ2) is 22.4. The lowest BCUT2D eigenvalue weighted by Gasteiger charge is -2.46. The zero-order chi connectivity index (χ0) is 47.8. The van der Waals surface area contributed by atoms with Gasteiger partial charge in [0.05, 0.1) is 33.0 Å². The molecule has 6 heterocycles. The van der Waals surface area contributed by atoms with E-state index in [1.54, 1.807) is 0 Å². The molecule has 378 valence electrons. The molecule has 65 heavy (non-hydrogen) atoms. The average molecular weight is 959 g/mol. The molecule has 0 aromatic carbocycles. The van der Waals surface area contributed by atoms with Gasteiger partial charge < -0.3 is 144 Å². The third kappa shape index (κ3) is 11.1. The molecule has 6 rings (SSSR count). The summed E-state index contributed by atoms with van der Waals surface area (Å²) in [5.74, 6) is -1.66. The lowest BCUT2D eigenvalue weighted by molar-refractivity contribution is -0.362. The van der Waals surface area contributed by atoms with Gasteiger partial charge in [-0.1, -0.05) is 0 Å². The number of carboxylic acid groups (broad SMARTS) is 1. The summed E-state index contributed by atoms with van der Waals surface area (Å²) in [5, 5.41) is 178. The summed E-state index contributed by atoms with van der Waals surface area (Å²) in [7, 11) is 1.06. The van der Waals surface area contributed by atoms with Crippen molar-refractivity contribution < 1.29 is 148 Å². The minimum Gasteiger partial charge on any atom is -0.479 e. The normalized spacial score (nSPS) is 51.9. The number of aliphatic carboxylic acids is 1. The maximum absolute atomic E-state index is 11.8. The lowest BCUT2D eigenvalue weighted by Crippen LogP contribution is -2.64. The van der Waals surface area contributed by atoms with E-state index in [0.29, 0.717) is 0 Å². The van der Waals surface area contributed by atoms with Crippen LogP contribution in [0.25, 0.3) is 0 Å². The van der Waals surface area contributed by atoms with Gasteiger partial charge >= 0.3 is 5.97 Å². The zero-order valence-electron chi connectivity index (χ0n) is 34.1. The summed E-state index contributed by atoms with van der Waals surface area (Å²) in [6.45, 7) is -4.09. The van der Waals surface area contributed by atoms with Crippen LogP contribution in [-0.4, -0.2) is 305 Å². The summed E-state index contributed by atoms with van der Waals surface area (Å²) in [4.78, 5) is 11.8. The first-order chi connectivity index (χ1) is 30.7. The van der Waals surface area contributed by atoms with E-state index in [2.05, 4.69) is 0 Å². The van der Waals surface area contributed by atoms with Gasteiger partial charge in [-0.25, -0.2) is 4.79 Å². The van der Waals surface area contributed by atoms with Crippen molar-refractivity contribution in [3.63, 3.8) is 0 Å². The Morgan fingerprint density at radius 2 is 0.769 bits per heavy atom. The Balaban J connectivity index is 1.21. The maximum Gasteiger partial charge on any atom is 0.335 e. The van der Waals surface area contributed by atoms with E-state index >= 15 is 0 Å². The van der Waals surface area contributed by atoms with Crippen molar-refractivity contribution in [2.45, 2.75) is 172 Å². The van der Waals surface area contributed by atoms with Crippen LogP contribution in [0.3, 0.4) is 0 Å². The predicted octanol–water partition coefficient (Wildman–Crippen LogP) is -12.1. The Morgan fingerprint density at radius 3 is 1.15 bits per heavy atom. The van der Waals surface area contributed by atoms with Gasteiger partial charge in [-0.05, 0) is 0 Å². The lowest BCUT2D eigenvalue weighted by atomic mass is 9.97. The largest absolute Gasteiger partial charge is 0.479 e. The summed E-state index contributed by atoms with van der Waals surface area (Å²) in [5.41, 5.74) is 0. The Bertz CT molecular complexity index is 1500. The van der Waals surface area contributed by atoms with Crippen LogP contribution in [0.5, 0.6) is 0 Å². The molecular formula is C35H58O30. The molecule has 6 aliphatic rings. The molecule has 6 aliphatic heterocycles. The fourth-order valence-corrected chi connectivity index (χ4v) is 8.04. The zero-order valence-corrected chi connectivity index (χ0v) is 34.1. The van der Waals surface area contributed by atoms with Crippen LogP contribution in [0.15, 0.2) is 0 Å². The number of carbonyl (C=O) groups is 1. The number of hydrogen-bond acceptors (Lipinski definition) is 29. The van der Waals surface area contributed by atoms with Crippen LogP contribution < -0.4 is 0 Å². The molecule has 30 heteroatoms. The summed E-state index contributed by atoms with van der Waals surface area (Å²) in [6, 6.07) is 0. The monoisotopic (exact) mass is 958 g/mol. The van der Waals surface area contributed by atoms with E-state index in [1.165, 1.54) is 0 Å². The molecule has 0 aromatic heterocycles. The average Bonchev–Trinajstić information content (AvgIpc) is 3.71. The van der Waals surface area contributed by atoms with Gasteiger partial charge in [0.1, 0.15) is 128 Å². The number of aliphatic hydroxyl groups is 16. The van der Waals surface area contributed by atoms with E-state index < -0.39 is 211 Å². The first kappa shape index (κ1) is 52.7. The first-order valence-electron chi connectivity index (χ1n) is 20.3. The highest BCUT2D eigenvalue weighted by molar-refractivity contribution is 5.73. The number of rotatable bonds is 17. The summed E-state index contributed by atoms with van der Waals surface area (Å²) < 4.78 is 65.8. The quantitative estimate of drug-likeness (QED) is 0.0643. The van der Waals surface area contributed by atoms with Gasteiger partial charge in [0, 0.05) is 7.11 Å². The van der Waals surface area contributed by atoms with Crippen LogP contribution in [0.2, 0.25) is 0 Å². The van der Waals surface area contributed by atoms with Crippen molar-refractivity contribution in [1.82, 2.24) is 0 Å². The molecule has 30 nitrogen and oxygen atoms in total. The Hall–Kier alpha value is -1.65. The molecule has 6 fully saturated rings. The standard InChI is InChI=1S/C35H58O30/c1-54-25-21(47)28(29(51)52)65-33(22(25)48)57-6-11-16(42)27(64-35-20(46)13(39)8(3-37)60-35)24(50)32(62-11)56-5-10-15(41)26(63-34-19(45)12(38)7(2-36)59-34)23(49)31(61-10)55-4-9-14(40)17(43)18(44)30(53)58-9/h7-28,30-50,53H,2-6H2,1H3,(H,51,52)/t7-,8-,9+,10+,11+,12-,13-,14-,15-,16-,17-,18+,19+,20+,21-,22+,23+,24+,25-,26-,27-,28-,30?,31+,32+,33+,34-,35-/m0/s1. The van der Waals surface area contributed by atoms with E-state index in [1.807, 2.05) is 0 Å². The van der Waals surface area contributed by atoms with Gasteiger partial charge in [-0.2, -0.15) is 0 Å². The fraction of sp³-hybridized carbons (Fsp3) is 0.971. The van der Waals surface area contributed by atoms with Gasteiger partial charge in [0.25, 0.3) is 0 Å². The van der Waals surface area contributed by atoms with Crippen molar-refractivity contribution in [3.8, 4) is 0 Å². The molecule has 0 aromatic rings. The van der Waals surface area contributed by atoms with Gasteiger partial charge in [0.2, 0.25) is 0 Å². The highest BCUT2D eigenvalue weighted by Gasteiger charge is 2.55. The minimum atomic E-state index is -2.09. The summed E-state index contributed by atoms with van der Waals surface area (Å²) in [6.07, 6.45) is -51.0. The highest BCUT2D eigenvalue weighted by atomic mass is 16.8. The number of hydrogen-bond donors (Lipinski definition) is 17. The van der Waals surface area contributed by atoms with Crippen LogP contribution in [0.1, 0.15) is 0 Å². The second-order valence-corrected chi connectivity index (χ2v) is 16.1. The van der Waals surface area contributed by atoms with Crippen LogP contribution in [0.4, 0.5) is 0 Å². The molecule has 1 unspecified atom stereocenters. The number of ether oxygens (including phenoxy) is 12. The van der Waals surface area contributed by atoms with E-state index in [4.69, 9.17) is 56.8 Å². The van der Waals surface area contributed by atoms with Gasteiger partial charge in [-0.15, -0.1) is 0 Å². The SMILES string of the molecule is CO[C@@H]1[C@@H](O)[C@H](OC[C@H]2O[C@@H](OC[C@H]3O[C@@H](OC[C@H]4OC(O)[C@H](O)[C@@H](O)[C@H]4O)[C@H](O)[C@@H](O[C@@H]4O[C@@H](CO)[C@H](O)[C@H]4O)[C@H]3O)[C@H](O)[C@@H](O[C@@H]3O[C@@H](CO)[C@H](O)[C@H]3O)[C@H]2O)O[C@H](C(=O)O)[C@H]1O. The van der Waals surface area contributed by atoms with Gasteiger partial charge in [-0.3, -0.25) is 0 Å². The molecule has 28 atom stereocenters. The molecule has 17 N–H and O–H groups in total. The molecule has 0 radical (unpaired) electrons. The Morgan fingerprint density at radius 1 is 0.400 bits per heavy atom. The molecular weight excluding hydrogens is 900 g/mol. The molecule has 0 amide bonds. The van der Waals surface area contributed by atoms with Crippen LogP contribution in [0, 0.1) is 0 Å². The molecule has 0 saturated carbocycles. The molecule has 0 aliphatic carbocycles.